The fourth-order valence-corrected chi connectivity index (χ4v) is 3.04. The Morgan fingerprint density at radius 1 is 1.04 bits per heavy atom. The van der Waals surface area contributed by atoms with E-state index in [9.17, 15) is 14.0 Å². The molecular formula is C21H16FN3O3. The molecule has 28 heavy (non-hydrogen) atoms. The van der Waals surface area contributed by atoms with Gasteiger partial charge in [0.05, 0.1) is 11.8 Å². The third kappa shape index (κ3) is 2.96. The van der Waals surface area contributed by atoms with Gasteiger partial charge in [-0.2, -0.15) is 5.10 Å². The van der Waals surface area contributed by atoms with E-state index < -0.39 is 23.3 Å². The molecule has 1 atom stereocenters. The van der Waals surface area contributed by atoms with Crippen molar-refractivity contribution >= 4 is 18.2 Å². The number of rotatable bonds is 4. The van der Waals surface area contributed by atoms with Crippen molar-refractivity contribution in [2.75, 3.05) is 0 Å². The van der Waals surface area contributed by atoms with Gasteiger partial charge in [-0.05, 0) is 36.8 Å². The van der Waals surface area contributed by atoms with Gasteiger partial charge in [-0.15, -0.1) is 5.01 Å². The van der Waals surface area contributed by atoms with Crippen LogP contribution in [0.15, 0.2) is 76.2 Å². The molecule has 0 radical (unpaired) electrons. The van der Waals surface area contributed by atoms with Gasteiger partial charge >= 0.3 is 6.03 Å². The Morgan fingerprint density at radius 2 is 1.75 bits per heavy atom. The number of imide groups is 1. The second kappa shape index (κ2) is 6.77. The minimum Gasteiger partial charge on any atom is -0.455 e. The molecule has 1 N–H and O–H groups in total. The van der Waals surface area contributed by atoms with Gasteiger partial charge in [0.2, 0.25) is 0 Å². The number of nitrogens with one attached hydrogen (secondary N) is 1. The highest BCUT2D eigenvalue weighted by Crippen LogP contribution is 2.29. The van der Waals surface area contributed by atoms with Crippen LogP contribution in [-0.2, 0) is 10.3 Å². The van der Waals surface area contributed by atoms with Crippen LogP contribution in [0.25, 0.3) is 11.3 Å². The second-order valence-electron chi connectivity index (χ2n) is 6.46. The fraction of sp³-hybridized carbons (Fsp3) is 0.0952. The molecule has 0 aliphatic carbocycles. The van der Waals surface area contributed by atoms with E-state index in [2.05, 4.69) is 10.4 Å². The topological polar surface area (TPSA) is 74.9 Å². The number of urea groups is 1. The first-order chi connectivity index (χ1) is 13.5. The summed E-state index contributed by atoms with van der Waals surface area (Å²) in [6.07, 6.45) is 1.25. The lowest BCUT2D eigenvalue weighted by Crippen LogP contribution is -2.40. The van der Waals surface area contributed by atoms with Crippen LogP contribution in [0.5, 0.6) is 0 Å². The van der Waals surface area contributed by atoms with E-state index >= 15 is 0 Å². The lowest BCUT2D eigenvalue weighted by Gasteiger charge is -2.20. The van der Waals surface area contributed by atoms with Gasteiger partial charge in [-0.1, -0.05) is 42.5 Å². The van der Waals surface area contributed by atoms with Gasteiger partial charge in [-0.25, -0.2) is 9.18 Å². The van der Waals surface area contributed by atoms with Crippen molar-refractivity contribution in [3.8, 4) is 11.3 Å². The average molecular weight is 377 g/mol. The van der Waals surface area contributed by atoms with E-state index in [4.69, 9.17) is 4.42 Å². The molecule has 7 heteroatoms. The van der Waals surface area contributed by atoms with Gasteiger partial charge in [0.25, 0.3) is 5.91 Å². The van der Waals surface area contributed by atoms with Crippen molar-refractivity contribution in [2.45, 2.75) is 12.5 Å². The van der Waals surface area contributed by atoms with Crippen molar-refractivity contribution in [3.05, 3.63) is 83.9 Å². The van der Waals surface area contributed by atoms with Crippen LogP contribution >= 0.6 is 0 Å². The van der Waals surface area contributed by atoms with Crippen molar-refractivity contribution in [1.82, 2.24) is 10.3 Å². The number of hydrogen-bond acceptors (Lipinski definition) is 4. The lowest BCUT2D eigenvalue weighted by molar-refractivity contribution is -0.131. The maximum atomic E-state index is 13.9. The molecule has 1 saturated heterocycles. The van der Waals surface area contributed by atoms with Gasteiger partial charge in [-0.3, -0.25) is 4.79 Å². The summed E-state index contributed by atoms with van der Waals surface area (Å²) in [5.41, 5.74) is -0.225. The second-order valence-corrected chi connectivity index (χ2v) is 6.46. The molecule has 2 aromatic carbocycles. The van der Waals surface area contributed by atoms with Gasteiger partial charge < -0.3 is 9.73 Å². The molecule has 1 aliphatic heterocycles. The summed E-state index contributed by atoms with van der Waals surface area (Å²) in [6.45, 7) is 1.63. The number of hydrazone groups is 1. The van der Waals surface area contributed by atoms with Crippen LogP contribution in [0.3, 0.4) is 0 Å². The number of carbonyl (C=O) groups is 2. The van der Waals surface area contributed by atoms with Crippen LogP contribution in [0.1, 0.15) is 18.2 Å². The number of amides is 3. The van der Waals surface area contributed by atoms with E-state index in [1.54, 1.807) is 61.5 Å². The lowest BCUT2D eigenvalue weighted by atomic mass is 9.92. The molecule has 0 unspecified atom stereocenters. The standard InChI is InChI=1S/C21H16FN3O3/c1-21(14-7-3-2-4-8-14)19(26)25(20(27)24-21)23-13-15-11-12-18(28-15)16-9-5-6-10-17(16)22/h2-13H,1H3,(H,24,27)/b23-13-/t21-/m0/s1. The van der Waals surface area contributed by atoms with E-state index in [0.29, 0.717) is 16.9 Å². The molecule has 6 nitrogen and oxygen atoms in total. The highest BCUT2D eigenvalue weighted by Gasteiger charge is 2.49. The number of hydrogen-bond donors (Lipinski definition) is 1. The summed E-state index contributed by atoms with van der Waals surface area (Å²) in [5.74, 6) is -0.299. The molecule has 2 heterocycles. The monoisotopic (exact) mass is 377 g/mol. The number of halogens is 1. The molecule has 1 aliphatic rings. The van der Waals surface area contributed by atoms with Crippen molar-refractivity contribution < 1.29 is 18.4 Å². The van der Waals surface area contributed by atoms with Gasteiger partial charge in [0.1, 0.15) is 22.9 Å². The van der Waals surface area contributed by atoms with Crippen LogP contribution in [0.2, 0.25) is 0 Å². The molecule has 0 saturated carbocycles. The molecule has 3 amide bonds. The van der Waals surface area contributed by atoms with Crippen LogP contribution < -0.4 is 5.32 Å². The molecule has 1 fully saturated rings. The summed E-state index contributed by atoms with van der Waals surface area (Å²) >= 11 is 0. The Kier molecular flexibility index (Phi) is 4.27. The number of nitrogens with zero attached hydrogens (tertiary/aromatic N) is 2. The van der Waals surface area contributed by atoms with Crippen LogP contribution in [-0.4, -0.2) is 23.2 Å². The fourth-order valence-electron chi connectivity index (χ4n) is 3.04. The van der Waals surface area contributed by atoms with Crippen LogP contribution in [0.4, 0.5) is 9.18 Å². The zero-order chi connectivity index (χ0) is 19.7. The molecule has 3 aromatic rings. The zero-order valence-electron chi connectivity index (χ0n) is 14.9. The summed E-state index contributed by atoms with van der Waals surface area (Å²) in [6, 6.07) is 17.7. The Hall–Kier alpha value is -3.74. The van der Waals surface area contributed by atoms with Crippen LogP contribution in [0, 0.1) is 5.82 Å². The molecule has 4 rings (SSSR count). The van der Waals surface area contributed by atoms with E-state index in [1.165, 1.54) is 12.3 Å². The highest BCUT2D eigenvalue weighted by molar-refractivity contribution is 6.07. The Balaban J connectivity index is 1.57. The predicted octanol–water partition coefficient (Wildman–Crippen LogP) is 3.89. The number of benzene rings is 2. The molecule has 0 bridgehead atoms. The normalized spacial score (nSPS) is 19.4. The minimum atomic E-state index is -1.20. The van der Waals surface area contributed by atoms with Gasteiger partial charge in [0, 0.05) is 0 Å². The predicted molar refractivity (Wildman–Crippen MR) is 101 cm³/mol. The Bertz CT molecular complexity index is 1080. The summed E-state index contributed by atoms with van der Waals surface area (Å²) in [4.78, 5) is 25.0. The largest absolute Gasteiger partial charge is 0.455 e. The first kappa shape index (κ1) is 17.7. The number of carbonyl (C=O) groups excluding carboxylic acids is 2. The summed E-state index contributed by atoms with van der Waals surface area (Å²) in [5, 5.41) is 7.39. The highest BCUT2D eigenvalue weighted by atomic mass is 19.1. The maximum absolute atomic E-state index is 13.9. The molecule has 0 spiro atoms. The minimum absolute atomic E-state index is 0.284. The molecular weight excluding hydrogens is 361 g/mol. The van der Waals surface area contributed by atoms with Gasteiger partial charge in [0.15, 0.2) is 0 Å². The smallest absolute Gasteiger partial charge is 0.346 e. The van der Waals surface area contributed by atoms with Crippen molar-refractivity contribution in [2.24, 2.45) is 5.10 Å². The van der Waals surface area contributed by atoms with Crippen molar-refractivity contribution in [3.63, 3.8) is 0 Å². The first-order valence-corrected chi connectivity index (χ1v) is 8.60. The number of furan rings is 1. The quantitative estimate of drug-likeness (QED) is 0.554. The average Bonchev–Trinajstić information content (AvgIpc) is 3.25. The third-order valence-corrected chi connectivity index (χ3v) is 4.59. The Morgan fingerprint density at radius 3 is 2.50 bits per heavy atom. The first-order valence-electron chi connectivity index (χ1n) is 8.60. The summed E-state index contributed by atoms with van der Waals surface area (Å²) in [7, 11) is 0. The van der Waals surface area contributed by atoms with E-state index in [1.807, 2.05) is 6.07 Å². The van der Waals surface area contributed by atoms with Crippen molar-refractivity contribution in [1.29, 1.82) is 0 Å². The third-order valence-electron chi connectivity index (χ3n) is 4.59. The molecule has 140 valence electrons. The zero-order valence-corrected chi connectivity index (χ0v) is 14.9. The van der Waals surface area contributed by atoms with E-state index in [0.717, 1.165) is 5.01 Å². The SMILES string of the molecule is C[C@@]1(c2ccccc2)NC(=O)N(/N=C\c2ccc(-c3ccccc3F)o2)C1=O. The summed E-state index contributed by atoms with van der Waals surface area (Å²) < 4.78 is 19.4. The van der Waals surface area contributed by atoms with E-state index in [-0.39, 0.29) is 5.76 Å². The Labute approximate surface area is 160 Å². The molecule has 1 aromatic heterocycles. The maximum Gasteiger partial charge on any atom is 0.346 e.